The van der Waals surface area contributed by atoms with Gasteiger partial charge in [-0.1, -0.05) is 30.3 Å². The molecule has 0 spiro atoms. The van der Waals surface area contributed by atoms with Crippen LogP contribution in [-0.4, -0.2) is 87.2 Å². The number of β-amino-alcohol motifs (C(OH)–C–C–N with tert-alkyl or cyclic N) is 1. The molecular weight excluding hydrogens is 458 g/mol. The Labute approximate surface area is 213 Å². The number of aliphatic hydroxyl groups excluding tert-OH is 2. The summed E-state index contributed by atoms with van der Waals surface area (Å²) in [5.74, 6) is 0.426. The van der Waals surface area contributed by atoms with E-state index < -0.39 is 11.5 Å². The van der Waals surface area contributed by atoms with Gasteiger partial charge >= 0.3 is 6.03 Å². The van der Waals surface area contributed by atoms with Gasteiger partial charge in [-0.25, -0.2) is 4.79 Å². The minimum atomic E-state index is -0.988. The van der Waals surface area contributed by atoms with E-state index in [1.165, 1.54) is 4.68 Å². The van der Waals surface area contributed by atoms with Crippen LogP contribution in [0.3, 0.4) is 0 Å². The second-order valence-corrected chi connectivity index (χ2v) is 10.9. The van der Waals surface area contributed by atoms with Crippen LogP contribution in [0.2, 0.25) is 0 Å². The van der Waals surface area contributed by atoms with E-state index in [2.05, 4.69) is 0 Å². The van der Waals surface area contributed by atoms with Crippen molar-refractivity contribution in [2.24, 2.45) is 5.41 Å². The molecule has 3 unspecified atom stereocenters. The predicted octanol–water partition coefficient (Wildman–Crippen LogP) is 2.85. The van der Waals surface area contributed by atoms with Crippen LogP contribution in [0.5, 0.6) is 0 Å². The molecule has 1 aromatic carbocycles. The van der Waals surface area contributed by atoms with Gasteiger partial charge in [-0.05, 0) is 46.1 Å². The SMILES string of the molecule is Cc1c(C2CCN(C(=O)N3CCC(O)C3)C2C)nn(C(=O)C(C)(C)CO)c1N(C)Cc1ccccc1. The number of hydrogen-bond acceptors (Lipinski definition) is 6. The Morgan fingerprint density at radius 2 is 1.86 bits per heavy atom. The average molecular weight is 498 g/mol. The van der Waals surface area contributed by atoms with Crippen molar-refractivity contribution in [1.82, 2.24) is 19.6 Å². The van der Waals surface area contributed by atoms with E-state index in [0.29, 0.717) is 38.4 Å². The van der Waals surface area contributed by atoms with Gasteiger partial charge in [-0.3, -0.25) is 4.79 Å². The zero-order valence-electron chi connectivity index (χ0n) is 22.0. The third kappa shape index (κ3) is 4.86. The lowest BCUT2D eigenvalue weighted by atomic mass is 9.94. The Morgan fingerprint density at radius 1 is 1.17 bits per heavy atom. The quantitative estimate of drug-likeness (QED) is 0.636. The van der Waals surface area contributed by atoms with Crippen LogP contribution >= 0.6 is 0 Å². The highest BCUT2D eigenvalue weighted by Crippen LogP contribution is 2.39. The van der Waals surface area contributed by atoms with E-state index in [9.17, 15) is 19.8 Å². The largest absolute Gasteiger partial charge is 0.395 e. The second kappa shape index (κ2) is 10.2. The average Bonchev–Trinajstić information content (AvgIpc) is 3.55. The highest BCUT2D eigenvalue weighted by Gasteiger charge is 2.42. The number of anilines is 1. The summed E-state index contributed by atoms with van der Waals surface area (Å²) in [7, 11) is 1.95. The predicted molar refractivity (Wildman–Crippen MR) is 138 cm³/mol. The van der Waals surface area contributed by atoms with Gasteiger partial charge in [0.15, 0.2) is 0 Å². The third-order valence-electron chi connectivity index (χ3n) is 7.70. The van der Waals surface area contributed by atoms with Crippen LogP contribution in [0.4, 0.5) is 10.6 Å². The number of carbonyl (C=O) groups excluding carboxylic acids is 2. The molecule has 9 nitrogen and oxygen atoms in total. The van der Waals surface area contributed by atoms with Crippen molar-refractivity contribution in [3.05, 3.63) is 47.2 Å². The van der Waals surface area contributed by atoms with E-state index in [-0.39, 0.29) is 30.5 Å². The molecule has 2 aliphatic heterocycles. The first-order valence-electron chi connectivity index (χ1n) is 12.8. The smallest absolute Gasteiger partial charge is 0.320 e. The molecule has 0 radical (unpaired) electrons. The molecule has 2 amide bonds. The van der Waals surface area contributed by atoms with Crippen LogP contribution < -0.4 is 4.90 Å². The molecule has 3 atom stereocenters. The standard InChI is InChI=1S/C27H39N5O4/c1-18-23(22-12-14-31(19(22)2)26(36)30-13-11-21(34)16-30)28-32(25(35)27(3,4)17-33)24(18)29(5)15-20-9-7-6-8-10-20/h6-10,19,21-22,33-34H,11-17H2,1-5H3. The number of aromatic nitrogens is 2. The lowest BCUT2D eigenvalue weighted by molar-refractivity contribution is 0.0614. The number of urea groups is 1. The van der Waals surface area contributed by atoms with E-state index in [1.54, 1.807) is 18.7 Å². The Bertz CT molecular complexity index is 1100. The second-order valence-electron chi connectivity index (χ2n) is 10.9. The molecule has 3 heterocycles. The Balaban J connectivity index is 1.66. The molecule has 196 valence electrons. The minimum absolute atomic E-state index is 0.0170. The van der Waals surface area contributed by atoms with Crippen LogP contribution in [0.1, 0.15) is 61.1 Å². The fourth-order valence-electron chi connectivity index (χ4n) is 5.40. The summed E-state index contributed by atoms with van der Waals surface area (Å²) in [5.41, 5.74) is 1.86. The molecule has 0 aliphatic carbocycles. The molecule has 2 aliphatic rings. The van der Waals surface area contributed by atoms with Gasteiger partial charge in [0.2, 0.25) is 0 Å². The summed E-state index contributed by atoms with van der Waals surface area (Å²) in [6, 6.07) is 9.91. The van der Waals surface area contributed by atoms with Crippen molar-refractivity contribution in [3.8, 4) is 0 Å². The van der Waals surface area contributed by atoms with Crippen molar-refractivity contribution < 1.29 is 19.8 Å². The zero-order valence-corrected chi connectivity index (χ0v) is 22.0. The van der Waals surface area contributed by atoms with Gasteiger partial charge in [0.1, 0.15) is 5.82 Å². The maximum atomic E-state index is 13.5. The number of likely N-dealkylation sites (tertiary alicyclic amines) is 2. The molecule has 2 N–H and O–H groups in total. The van der Waals surface area contributed by atoms with E-state index in [1.807, 2.05) is 61.0 Å². The molecule has 9 heteroatoms. The van der Waals surface area contributed by atoms with Crippen molar-refractivity contribution in [3.63, 3.8) is 0 Å². The van der Waals surface area contributed by atoms with E-state index >= 15 is 0 Å². The summed E-state index contributed by atoms with van der Waals surface area (Å²) in [6.07, 6.45) is 0.908. The lowest BCUT2D eigenvalue weighted by Crippen LogP contribution is -2.44. The Kier molecular flexibility index (Phi) is 7.43. The van der Waals surface area contributed by atoms with E-state index in [0.717, 1.165) is 23.2 Å². The molecule has 36 heavy (non-hydrogen) atoms. The van der Waals surface area contributed by atoms with Crippen molar-refractivity contribution in [2.45, 2.75) is 65.1 Å². The van der Waals surface area contributed by atoms with E-state index in [4.69, 9.17) is 5.10 Å². The van der Waals surface area contributed by atoms with Gasteiger partial charge in [-0.2, -0.15) is 9.78 Å². The molecule has 0 saturated carbocycles. The number of nitrogens with zero attached hydrogens (tertiary/aromatic N) is 5. The number of hydrogen-bond donors (Lipinski definition) is 2. The van der Waals surface area contributed by atoms with Crippen LogP contribution in [0, 0.1) is 12.3 Å². The highest BCUT2D eigenvalue weighted by atomic mass is 16.3. The molecule has 0 bridgehead atoms. The van der Waals surface area contributed by atoms with Crippen LogP contribution in [0.15, 0.2) is 30.3 Å². The summed E-state index contributed by atoms with van der Waals surface area (Å²) in [5, 5.41) is 24.6. The summed E-state index contributed by atoms with van der Waals surface area (Å²) in [4.78, 5) is 32.3. The molecular formula is C27H39N5O4. The summed E-state index contributed by atoms with van der Waals surface area (Å²) >= 11 is 0. The Morgan fingerprint density at radius 3 is 2.47 bits per heavy atom. The number of aliphatic hydroxyl groups is 2. The summed E-state index contributed by atoms with van der Waals surface area (Å²) in [6.45, 7) is 9.32. The monoisotopic (exact) mass is 497 g/mol. The fourth-order valence-corrected chi connectivity index (χ4v) is 5.40. The molecule has 1 aromatic heterocycles. The van der Waals surface area contributed by atoms with Crippen molar-refractivity contribution >= 4 is 17.8 Å². The highest BCUT2D eigenvalue weighted by molar-refractivity contribution is 5.87. The normalized spacial score (nSPS) is 22.4. The molecule has 2 saturated heterocycles. The van der Waals surface area contributed by atoms with Crippen molar-refractivity contribution in [1.29, 1.82) is 0 Å². The first-order chi connectivity index (χ1) is 17.0. The number of rotatable bonds is 6. The summed E-state index contributed by atoms with van der Waals surface area (Å²) < 4.78 is 1.46. The molecule has 4 rings (SSSR count). The van der Waals surface area contributed by atoms with Gasteiger partial charge in [0.25, 0.3) is 5.91 Å². The first-order valence-corrected chi connectivity index (χ1v) is 12.8. The lowest BCUT2D eigenvalue weighted by Gasteiger charge is -2.29. The Hall–Kier alpha value is -2.91. The fraction of sp³-hybridized carbons (Fsp3) is 0.593. The maximum absolute atomic E-state index is 13.5. The molecule has 2 aromatic rings. The van der Waals surface area contributed by atoms with Gasteiger partial charge in [0, 0.05) is 50.7 Å². The topological polar surface area (TPSA) is 102 Å². The van der Waals surface area contributed by atoms with Gasteiger partial charge < -0.3 is 24.9 Å². The van der Waals surface area contributed by atoms with Crippen LogP contribution in [-0.2, 0) is 6.54 Å². The minimum Gasteiger partial charge on any atom is -0.395 e. The van der Waals surface area contributed by atoms with Crippen LogP contribution in [0.25, 0.3) is 0 Å². The number of carbonyl (C=O) groups is 2. The maximum Gasteiger partial charge on any atom is 0.320 e. The van der Waals surface area contributed by atoms with Crippen molar-refractivity contribution in [2.75, 3.05) is 38.2 Å². The zero-order chi connectivity index (χ0) is 26.2. The number of benzene rings is 1. The van der Waals surface area contributed by atoms with Gasteiger partial charge in [0.05, 0.1) is 23.8 Å². The molecule has 2 fully saturated rings. The third-order valence-corrected chi connectivity index (χ3v) is 7.70. The van der Waals surface area contributed by atoms with Gasteiger partial charge in [-0.15, -0.1) is 0 Å². The first kappa shape index (κ1) is 26.2. The number of amides is 2.